The van der Waals surface area contributed by atoms with Crippen LogP contribution in [0.25, 0.3) is 0 Å². The maximum absolute atomic E-state index is 3.48. The van der Waals surface area contributed by atoms with Gasteiger partial charge in [-0.3, -0.25) is 0 Å². The molecule has 0 spiro atoms. The fourth-order valence-electron chi connectivity index (χ4n) is 2.16. The minimum absolute atomic E-state index is 0.747. The van der Waals surface area contributed by atoms with Crippen LogP contribution in [-0.2, 0) is 0 Å². The largest absolute Gasteiger partial charge is 0.350 e. The summed E-state index contributed by atoms with van der Waals surface area (Å²) in [5.74, 6) is 0.851. The van der Waals surface area contributed by atoms with Crippen LogP contribution in [0.15, 0.2) is 22.9 Å². The second kappa shape index (κ2) is 3.25. The Bertz CT molecular complexity index is 267. The Morgan fingerprint density at radius 1 is 1.50 bits per heavy atom. The molecule has 12 heavy (non-hydrogen) atoms. The maximum Gasteiger partial charge on any atom is 0.0356 e. The van der Waals surface area contributed by atoms with Gasteiger partial charge in [0.05, 0.1) is 0 Å². The molecule has 66 valence electrons. The molecule has 1 aromatic rings. The molecule has 2 heteroatoms. The van der Waals surface area contributed by atoms with Gasteiger partial charge < -0.3 is 4.57 Å². The van der Waals surface area contributed by atoms with E-state index in [2.05, 4.69) is 45.9 Å². The molecule has 0 bridgehead atoms. The van der Waals surface area contributed by atoms with Crippen molar-refractivity contribution in [2.75, 3.05) is 0 Å². The van der Waals surface area contributed by atoms with Gasteiger partial charge in [-0.1, -0.05) is 13.3 Å². The Balaban J connectivity index is 2.19. The van der Waals surface area contributed by atoms with Gasteiger partial charge in [0.15, 0.2) is 0 Å². The summed E-state index contributed by atoms with van der Waals surface area (Å²) in [4.78, 5) is 0. The third-order valence-electron chi connectivity index (χ3n) is 2.88. The van der Waals surface area contributed by atoms with Crippen molar-refractivity contribution in [2.24, 2.45) is 5.92 Å². The topological polar surface area (TPSA) is 4.93 Å². The standard InChI is InChI=1S/C10H14BrN/c1-8-3-2-4-10(8)12-6-5-9(11)7-12/h5-8,10H,2-4H2,1H3/t8-,10+/m0/s1. The highest BCUT2D eigenvalue weighted by Crippen LogP contribution is 2.35. The van der Waals surface area contributed by atoms with Crippen LogP contribution in [-0.4, -0.2) is 4.57 Å². The molecule has 0 N–H and O–H groups in total. The first kappa shape index (κ1) is 8.36. The van der Waals surface area contributed by atoms with Crippen LogP contribution in [0.5, 0.6) is 0 Å². The van der Waals surface area contributed by atoms with Crippen LogP contribution in [0.4, 0.5) is 0 Å². The number of hydrogen-bond acceptors (Lipinski definition) is 0. The van der Waals surface area contributed by atoms with Gasteiger partial charge >= 0.3 is 0 Å². The van der Waals surface area contributed by atoms with E-state index < -0.39 is 0 Å². The summed E-state index contributed by atoms with van der Waals surface area (Å²) in [5.41, 5.74) is 0. The fourth-order valence-corrected chi connectivity index (χ4v) is 2.52. The maximum atomic E-state index is 3.48. The Morgan fingerprint density at radius 3 is 2.83 bits per heavy atom. The average molecular weight is 228 g/mol. The van der Waals surface area contributed by atoms with E-state index in [9.17, 15) is 0 Å². The highest BCUT2D eigenvalue weighted by atomic mass is 79.9. The van der Waals surface area contributed by atoms with E-state index in [0.717, 1.165) is 12.0 Å². The van der Waals surface area contributed by atoms with Gasteiger partial charge in [-0.2, -0.15) is 0 Å². The molecule has 2 atom stereocenters. The minimum atomic E-state index is 0.747. The van der Waals surface area contributed by atoms with Crippen LogP contribution in [0, 0.1) is 5.92 Å². The predicted octanol–water partition coefficient (Wildman–Crippen LogP) is 3.61. The van der Waals surface area contributed by atoms with Crippen LogP contribution < -0.4 is 0 Å². The highest BCUT2D eigenvalue weighted by Gasteiger charge is 2.24. The van der Waals surface area contributed by atoms with E-state index >= 15 is 0 Å². The highest BCUT2D eigenvalue weighted by molar-refractivity contribution is 9.10. The van der Waals surface area contributed by atoms with Gasteiger partial charge in [-0.15, -0.1) is 0 Å². The molecule has 0 saturated heterocycles. The number of aromatic nitrogens is 1. The lowest BCUT2D eigenvalue weighted by Crippen LogP contribution is -2.08. The molecule has 0 aliphatic heterocycles. The number of rotatable bonds is 1. The van der Waals surface area contributed by atoms with Crippen molar-refractivity contribution >= 4 is 15.9 Å². The van der Waals surface area contributed by atoms with Gasteiger partial charge in [0, 0.05) is 22.9 Å². The quantitative estimate of drug-likeness (QED) is 0.691. The van der Waals surface area contributed by atoms with Gasteiger partial charge in [0.1, 0.15) is 0 Å². The molecule has 1 saturated carbocycles. The van der Waals surface area contributed by atoms with Gasteiger partial charge in [0.25, 0.3) is 0 Å². The summed E-state index contributed by atoms with van der Waals surface area (Å²) in [7, 11) is 0. The third-order valence-corrected chi connectivity index (χ3v) is 3.35. The molecule has 0 radical (unpaired) electrons. The number of nitrogens with zero attached hydrogens (tertiary/aromatic N) is 1. The van der Waals surface area contributed by atoms with Gasteiger partial charge in [0.2, 0.25) is 0 Å². The van der Waals surface area contributed by atoms with E-state index in [0.29, 0.717) is 0 Å². The van der Waals surface area contributed by atoms with Crippen molar-refractivity contribution in [3.8, 4) is 0 Å². The second-order valence-electron chi connectivity index (χ2n) is 3.75. The molecule has 1 nitrogen and oxygen atoms in total. The number of hydrogen-bond donors (Lipinski definition) is 0. The lowest BCUT2D eigenvalue weighted by Gasteiger charge is -2.16. The first-order valence-electron chi connectivity index (χ1n) is 4.60. The monoisotopic (exact) mass is 227 g/mol. The first-order valence-corrected chi connectivity index (χ1v) is 5.39. The summed E-state index contributed by atoms with van der Waals surface area (Å²) in [5, 5.41) is 0. The zero-order chi connectivity index (χ0) is 8.55. The summed E-state index contributed by atoms with van der Waals surface area (Å²) in [6.07, 6.45) is 8.49. The molecule has 1 aliphatic carbocycles. The Labute approximate surface area is 81.9 Å². The van der Waals surface area contributed by atoms with Crippen LogP contribution in [0.1, 0.15) is 32.2 Å². The van der Waals surface area contributed by atoms with Crippen molar-refractivity contribution in [2.45, 2.75) is 32.2 Å². The lowest BCUT2D eigenvalue weighted by molar-refractivity contribution is 0.409. The smallest absolute Gasteiger partial charge is 0.0356 e. The van der Waals surface area contributed by atoms with E-state index in [4.69, 9.17) is 0 Å². The summed E-state index contributed by atoms with van der Waals surface area (Å²) < 4.78 is 3.54. The summed E-state index contributed by atoms with van der Waals surface area (Å²) >= 11 is 3.48. The van der Waals surface area contributed by atoms with Gasteiger partial charge in [-0.05, 0) is 40.8 Å². The summed E-state index contributed by atoms with van der Waals surface area (Å²) in [6.45, 7) is 2.35. The van der Waals surface area contributed by atoms with E-state index in [1.807, 2.05) is 0 Å². The van der Waals surface area contributed by atoms with E-state index in [1.165, 1.54) is 23.7 Å². The first-order chi connectivity index (χ1) is 5.77. The third kappa shape index (κ3) is 1.45. The molecular formula is C10H14BrN. The molecule has 0 aromatic carbocycles. The Kier molecular flexibility index (Phi) is 2.26. The van der Waals surface area contributed by atoms with Crippen molar-refractivity contribution in [3.63, 3.8) is 0 Å². The zero-order valence-electron chi connectivity index (χ0n) is 7.33. The molecule has 2 rings (SSSR count). The van der Waals surface area contributed by atoms with E-state index in [-0.39, 0.29) is 0 Å². The molecular weight excluding hydrogens is 214 g/mol. The molecule has 1 fully saturated rings. The molecule has 1 aliphatic rings. The van der Waals surface area contributed by atoms with Crippen LogP contribution in [0.2, 0.25) is 0 Å². The lowest BCUT2D eigenvalue weighted by atomic mass is 10.1. The van der Waals surface area contributed by atoms with Crippen molar-refractivity contribution in [1.82, 2.24) is 4.57 Å². The normalized spacial score (nSPS) is 29.5. The number of halogens is 1. The molecule has 0 amide bonds. The average Bonchev–Trinajstić information content (AvgIpc) is 2.58. The summed E-state index contributed by atoms with van der Waals surface area (Å²) in [6, 6.07) is 2.86. The zero-order valence-corrected chi connectivity index (χ0v) is 8.92. The predicted molar refractivity (Wildman–Crippen MR) is 54.2 cm³/mol. The fraction of sp³-hybridized carbons (Fsp3) is 0.600. The SMILES string of the molecule is C[C@H]1CCC[C@H]1n1ccc(Br)c1. The van der Waals surface area contributed by atoms with Crippen molar-refractivity contribution < 1.29 is 0 Å². The molecule has 1 heterocycles. The van der Waals surface area contributed by atoms with Crippen LogP contribution >= 0.6 is 15.9 Å². The molecule has 1 aromatic heterocycles. The van der Waals surface area contributed by atoms with Crippen molar-refractivity contribution in [1.29, 1.82) is 0 Å². The Hall–Kier alpha value is -0.240. The van der Waals surface area contributed by atoms with Crippen molar-refractivity contribution in [3.05, 3.63) is 22.9 Å². The molecule has 0 unspecified atom stereocenters. The second-order valence-corrected chi connectivity index (χ2v) is 4.67. The minimum Gasteiger partial charge on any atom is -0.350 e. The van der Waals surface area contributed by atoms with Gasteiger partial charge in [-0.25, -0.2) is 0 Å². The van der Waals surface area contributed by atoms with E-state index in [1.54, 1.807) is 0 Å². The Morgan fingerprint density at radius 2 is 2.33 bits per heavy atom. The van der Waals surface area contributed by atoms with Crippen LogP contribution in [0.3, 0.4) is 0 Å².